The van der Waals surface area contributed by atoms with Crippen LogP contribution in [0.5, 0.6) is 5.75 Å². The minimum absolute atomic E-state index is 0.0249. The van der Waals surface area contributed by atoms with E-state index in [9.17, 15) is 19.7 Å². The van der Waals surface area contributed by atoms with Gasteiger partial charge < -0.3 is 15.2 Å². The van der Waals surface area contributed by atoms with Gasteiger partial charge in [0.2, 0.25) is 5.91 Å². The van der Waals surface area contributed by atoms with E-state index in [1.807, 2.05) is 0 Å². The van der Waals surface area contributed by atoms with E-state index in [0.29, 0.717) is 5.75 Å². The molecule has 1 aliphatic carbocycles. The van der Waals surface area contributed by atoms with Crippen molar-refractivity contribution in [1.82, 2.24) is 0 Å². The van der Waals surface area contributed by atoms with E-state index in [0.717, 1.165) is 0 Å². The zero-order valence-corrected chi connectivity index (χ0v) is 10.5. The highest BCUT2D eigenvalue weighted by Crippen LogP contribution is 2.40. The van der Waals surface area contributed by atoms with Gasteiger partial charge in [-0.2, -0.15) is 0 Å². The van der Waals surface area contributed by atoms with Crippen LogP contribution in [0.1, 0.15) is 6.42 Å². The Morgan fingerprint density at radius 2 is 2.15 bits per heavy atom. The molecule has 20 heavy (non-hydrogen) atoms. The van der Waals surface area contributed by atoms with Gasteiger partial charge in [-0.15, -0.1) is 0 Å². The SMILES string of the molecule is COc1ccc(NC(=O)[C@@H]2C[C@@H]2C(=O)O)c([N+](=O)[O-])c1. The number of carboxylic acid groups (broad SMARTS) is 1. The molecular formula is C12H12N2O6. The molecule has 8 nitrogen and oxygen atoms in total. The van der Waals surface area contributed by atoms with E-state index in [4.69, 9.17) is 9.84 Å². The highest BCUT2D eigenvalue weighted by molar-refractivity contribution is 5.99. The number of nitro groups is 1. The Morgan fingerprint density at radius 1 is 1.45 bits per heavy atom. The smallest absolute Gasteiger partial charge is 0.307 e. The van der Waals surface area contributed by atoms with Gasteiger partial charge in [0, 0.05) is 0 Å². The molecule has 2 atom stereocenters. The summed E-state index contributed by atoms with van der Waals surface area (Å²) in [5.41, 5.74) is -0.276. The van der Waals surface area contributed by atoms with Crippen molar-refractivity contribution < 1.29 is 24.4 Å². The van der Waals surface area contributed by atoms with Crippen LogP contribution in [0.2, 0.25) is 0 Å². The van der Waals surface area contributed by atoms with Crippen molar-refractivity contribution in [2.24, 2.45) is 11.8 Å². The second-order valence-electron chi connectivity index (χ2n) is 4.42. The first kappa shape index (κ1) is 13.8. The third kappa shape index (κ3) is 2.68. The first-order valence-electron chi connectivity index (χ1n) is 5.80. The predicted octanol–water partition coefficient (Wildman–Crippen LogP) is 1.26. The lowest BCUT2D eigenvalue weighted by Gasteiger charge is -2.07. The number of rotatable bonds is 5. The van der Waals surface area contributed by atoms with Crippen molar-refractivity contribution in [2.75, 3.05) is 12.4 Å². The van der Waals surface area contributed by atoms with Crippen molar-refractivity contribution in [1.29, 1.82) is 0 Å². The second kappa shape index (κ2) is 5.16. The largest absolute Gasteiger partial charge is 0.496 e. The Labute approximate surface area is 113 Å². The number of aliphatic carboxylic acids is 1. The lowest BCUT2D eigenvalue weighted by Crippen LogP contribution is -2.17. The van der Waals surface area contributed by atoms with E-state index < -0.39 is 28.6 Å². The van der Waals surface area contributed by atoms with Gasteiger partial charge in [0.1, 0.15) is 11.4 Å². The molecule has 2 N–H and O–H groups in total. The van der Waals surface area contributed by atoms with Crippen molar-refractivity contribution >= 4 is 23.3 Å². The maximum atomic E-state index is 11.8. The Balaban J connectivity index is 2.15. The molecule has 1 saturated carbocycles. The molecule has 2 rings (SSSR count). The quantitative estimate of drug-likeness (QED) is 0.619. The van der Waals surface area contributed by atoms with Crippen LogP contribution in [0.25, 0.3) is 0 Å². The summed E-state index contributed by atoms with van der Waals surface area (Å²) in [5, 5.41) is 22.1. The fourth-order valence-electron chi connectivity index (χ4n) is 1.88. The summed E-state index contributed by atoms with van der Waals surface area (Å²) in [6.07, 6.45) is 0.255. The minimum Gasteiger partial charge on any atom is -0.496 e. The van der Waals surface area contributed by atoms with Crippen molar-refractivity contribution in [3.05, 3.63) is 28.3 Å². The monoisotopic (exact) mass is 280 g/mol. The molecule has 8 heteroatoms. The van der Waals surface area contributed by atoms with Crippen molar-refractivity contribution in [3.8, 4) is 5.75 Å². The second-order valence-corrected chi connectivity index (χ2v) is 4.42. The fraction of sp³-hybridized carbons (Fsp3) is 0.333. The van der Waals surface area contributed by atoms with E-state index in [1.165, 1.54) is 25.3 Å². The van der Waals surface area contributed by atoms with E-state index >= 15 is 0 Å². The average molecular weight is 280 g/mol. The van der Waals surface area contributed by atoms with Crippen LogP contribution in [0.3, 0.4) is 0 Å². The number of methoxy groups -OCH3 is 1. The maximum Gasteiger partial charge on any atom is 0.307 e. The van der Waals surface area contributed by atoms with Gasteiger partial charge >= 0.3 is 5.97 Å². The van der Waals surface area contributed by atoms with Gasteiger partial charge in [0.15, 0.2) is 0 Å². The van der Waals surface area contributed by atoms with E-state index in [-0.39, 0.29) is 17.8 Å². The number of carbonyl (C=O) groups is 2. The van der Waals surface area contributed by atoms with Gasteiger partial charge in [-0.3, -0.25) is 19.7 Å². The number of hydrogen-bond acceptors (Lipinski definition) is 5. The third-order valence-electron chi connectivity index (χ3n) is 3.10. The number of carboxylic acids is 1. The molecule has 0 aromatic heterocycles. The highest BCUT2D eigenvalue weighted by Gasteiger charge is 2.48. The molecule has 106 valence electrons. The molecule has 1 amide bonds. The number of nitro benzene ring substituents is 1. The molecule has 0 aliphatic heterocycles. The summed E-state index contributed by atoms with van der Waals surface area (Å²) in [5.74, 6) is -2.59. The Bertz CT molecular complexity index is 585. The van der Waals surface area contributed by atoms with Gasteiger partial charge in [0.05, 0.1) is 29.9 Å². The Hall–Kier alpha value is -2.64. The average Bonchev–Trinajstić information content (AvgIpc) is 3.19. The standard InChI is InChI=1S/C12H12N2O6/c1-20-6-2-3-9(10(4-6)14(18)19)13-11(15)7-5-8(7)12(16)17/h2-4,7-8H,5H2,1H3,(H,13,15)(H,16,17)/t7-,8+/m1/s1. The predicted molar refractivity (Wildman–Crippen MR) is 67.5 cm³/mol. The maximum absolute atomic E-state index is 11.8. The van der Waals surface area contributed by atoms with Gasteiger partial charge in [-0.05, 0) is 18.6 Å². The molecule has 0 saturated heterocycles. The van der Waals surface area contributed by atoms with Crippen molar-refractivity contribution in [2.45, 2.75) is 6.42 Å². The summed E-state index contributed by atoms with van der Waals surface area (Å²) < 4.78 is 4.88. The van der Waals surface area contributed by atoms with Crippen LogP contribution >= 0.6 is 0 Å². The lowest BCUT2D eigenvalue weighted by atomic mass is 10.2. The minimum atomic E-state index is -1.03. The summed E-state index contributed by atoms with van der Waals surface area (Å²) >= 11 is 0. The molecule has 1 aromatic rings. The molecular weight excluding hydrogens is 268 g/mol. The van der Waals surface area contributed by atoms with E-state index in [2.05, 4.69) is 5.32 Å². The zero-order chi connectivity index (χ0) is 14.9. The fourth-order valence-corrected chi connectivity index (χ4v) is 1.88. The normalized spacial score (nSPS) is 20.1. The summed E-state index contributed by atoms with van der Waals surface area (Å²) in [6, 6.07) is 4.02. The molecule has 0 radical (unpaired) electrons. The van der Waals surface area contributed by atoms with E-state index in [1.54, 1.807) is 0 Å². The Kier molecular flexibility index (Phi) is 3.55. The number of carbonyl (C=O) groups excluding carboxylic acids is 1. The number of nitrogens with one attached hydrogen (secondary N) is 1. The Morgan fingerprint density at radius 3 is 2.65 bits per heavy atom. The zero-order valence-electron chi connectivity index (χ0n) is 10.5. The van der Waals surface area contributed by atoms with Gasteiger partial charge in [-0.25, -0.2) is 0 Å². The first-order chi connectivity index (χ1) is 9.43. The molecule has 1 aliphatic rings. The number of hydrogen-bond donors (Lipinski definition) is 2. The van der Waals surface area contributed by atoms with Crippen molar-refractivity contribution in [3.63, 3.8) is 0 Å². The molecule has 1 fully saturated rings. The van der Waals surface area contributed by atoms with Crippen LogP contribution in [0.4, 0.5) is 11.4 Å². The number of nitrogens with zero attached hydrogens (tertiary/aromatic N) is 1. The number of ether oxygens (including phenoxy) is 1. The van der Waals surface area contributed by atoms with Crippen LogP contribution < -0.4 is 10.1 Å². The highest BCUT2D eigenvalue weighted by atomic mass is 16.6. The van der Waals surface area contributed by atoms with Crippen LogP contribution in [0.15, 0.2) is 18.2 Å². The lowest BCUT2D eigenvalue weighted by molar-refractivity contribution is -0.384. The molecule has 0 bridgehead atoms. The summed E-state index contributed by atoms with van der Waals surface area (Å²) in [6.45, 7) is 0. The van der Waals surface area contributed by atoms with Crippen LogP contribution in [-0.4, -0.2) is 29.0 Å². The number of amides is 1. The molecule has 0 heterocycles. The summed E-state index contributed by atoms with van der Waals surface area (Å²) in [4.78, 5) is 32.8. The topological polar surface area (TPSA) is 119 Å². The third-order valence-corrected chi connectivity index (χ3v) is 3.10. The van der Waals surface area contributed by atoms with Gasteiger partial charge in [-0.1, -0.05) is 0 Å². The molecule has 0 spiro atoms. The van der Waals surface area contributed by atoms with Crippen LogP contribution in [0, 0.1) is 22.0 Å². The first-order valence-corrected chi connectivity index (χ1v) is 5.80. The summed E-state index contributed by atoms with van der Waals surface area (Å²) in [7, 11) is 1.37. The number of anilines is 1. The van der Waals surface area contributed by atoms with Crippen LogP contribution in [-0.2, 0) is 9.59 Å². The molecule has 0 unspecified atom stereocenters. The number of benzene rings is 1. The van der Waals surface area contributed by atoms with Gasteiger partial charge in [0.25, 0.3) is 5.69 Å². The molecule has 1 aromatic carbocycles.